The summed E-state index contributed by atoms with van der Waals surface area (Å²) in [7, 11) is 0. The molecule has 1 aliphatic rings. The van der Waals surface area contributed by atoms with Crippen molar-refractivity contribution < 1.29 is 4.79 Å². The molecule has 1 aliphatic carbocycles. The molecule has 240 valence electrons. The molecule has 3 atom stereocenters. The molecule has 3 heteroatoms. The molecular formula is C37H76N2O. The van der Waals surface area contributed by atoms with Crippen molar-refractivity contribution in [2.75, 3.05) is 13.1 Å². The molecule has 1 saturated carbocycles. The summed E-state index contributed by atoms with van der Waals surface area (Å²) in [5.74, 6) is 1.82. The van der Waals surface area contributed by atoms with Crippen molar-refractivity contribution in [1.82, 2.24) is 5.32 Å². The summed E-state index contributed by atoms with van der Waals surface area (Å²) in [6.07, 6.45) is 35.2. The van der Waals surface area contributed by atoms with Gasteiger partial charge in [-0.1, -0.05) is 169 Å². The molecule has 0 aromatic heterocycles. The molecule has 0 spiro atoms. The minimum absolute atomic E-state index is 0.0924. The monoisotopic (exact) mass is 565 g/mol. The first-order chi connectivity index (χ1) is 19.4. The standard InChI is InChI=1S/C26H55N.C11H21NO/c1-3-5-7-9-11-13-15-17-19-21-23-25-27-26-24-22-20-18-16-14-12-10-8-6-4-2;1-7(2)9-5-4-8(3)6-10(9)11(12)13/h27H,3-26H2,1-2H3;7-10H,4-6H2,1-3H3,(H2,12,13). The van der Waals surface area contributed by atoms with Gasteiger partial charge in [0.2, 0.25) is 5.91 Å². The molecular weight excluding hydrogens is 488 g/mol. The quantitative estimate of drug-likeness (QED) is 0.103. The third kappa shape index (κ3) is 25.2. The Kier molecular flexibility index (Phi) is 29.5. The topological polar surface area (TPSA) is 55.1 Å². The van der Waals surface area contributed by atoms with Crippen LogP contribution >= 0.6 is 0 Å². The van der Waals surface area contributed by atoms with Crippen LogP contribution in [0.15, 0.2) is 0 Å². The third-order valence-corrected chi connectivity index (χ3v) is 9.30. The maximum Gasteiger partial charge on any atom is 0.220 e. The maximum absolute atomic E-state index is 11.2. The van der Waals surface area contributed by atoms with Gasteiger partial charge in [0, 0.05) is 5.92 Å². The van der Waals surface area contributed by atoms with Gasteiger partial charge >= 0.3 is 0 Å². The summed E-state index contributed by atoms with van der Waals surface area (Å²) >= 11 is 0. The van der Waals surface area contributed by atoms with Gasteiger partial charge in [-0.2, -0.15) is 0 Å². The van der Waals surface area contributed by atoms with Gasteiger partial charge in [-0.15, -0.1) is 0 Å². The zero-order valence-corrected chi connectivity index (χ0v) is 28.4. The molecule has 0 aromatic rings. The van der Waals surface area contributed by atoms with Crippen LogP contribution in [0.2, 0.25) is 0 Å². The minimum atomic E-state index is -0.0924. The van der Waals surface area contributed by atoms with Crippen LogP contribution in [0.4, 0.5) is 0 Å². The largest absolute Gasteiger partial charge is 0.369 e. The van der Waals surface area contributed by atoms with E-state index in [4.69, 9.17) is 5.73 Å². The molecule has 0 heterocycles. The Balaban J connectivity index is 0.000000968. The minimum Gasteiger partial charge on any atom is -0.369 e. The fraction of sp³-hybridized carbons (Fsp3) is 0.973. The van der Waals surface area contributed by atoms with E-state index in [1.807, 2.05) is 0 Å². The first-order valence-corrected chi connectivity index (χ1v) is 18.4. The van der Waals surface area contributed by atoms with E-state index in [0.717, 1.165) is 6.42 Å². The van der Waals surface area contributed by atoms with Crippen molar-refractivity contribution in [2.45, 2.75) is 195 Å². The number of hydrogen-bond donors (Lipinski definition) is 2. The number of primary amides is 1. The number of rotatable bonds is 26. The molecule has 0 aromatic carbocycles. The second-order valence-corrected chi connectivity index (χ2v) is 13.7. The Morgan fingerprint density at radius 1 is 0.625 bits per heavy atom. The highest BCUT2D eigenvalue weighted by Crippen LogP contribution is 2.37. The predicted octanol–water partition coefficient (Wildman–Crippen LogP) is 11.4. The molecule has 0 radical (unpaired) electrons. The van der Waals surface area contributed by atoms with Crippen molar-refractivity contribution >= 4 is 5.91 Å². The van der Waals surface area contributed by atoms with Crippen LogP contribution in [0.3, 0.4) is 0 Å². The van der Waals surface area contributed by atoms with Gasteiger partial charge in [-0.05, 0) is 56.5 Å². The summed E-state index contributed by atoms with van der Waals surface area (Å²) in [5, 5.41) is 3.65. The number of amides is 1. The van der Waals surface area contributed by atoms with Crippen LogP contribution < -0.4 is 11.1 Å². The van der Waals surface area contributed by atoms with Gasteiger partial charge in [-0.25, -0.2) is 0 Å². The van der Waals surface area contributed by atoms with Gasteiger partial charge in [0.05, 0.1) is 0 Å². The number of unbranched alkanes of at least 4 members (excludes halogenated alkanes) is 20. The van der Waals surface area contributed by atoms with Crippen molar-refractivity contribution in [1.29, 1.82) is 0 Å². The van der Waals surface area contributed by atoms with Crippen molar-refractivity contribution in [2.24, 2.45) is 29.4 Å². The molecule has 3 nitrogen and oxygen atoms in total. The predicted molar refractivity (Wildman–Crippen MR) is 180 cm³/mol. The second kappa shape index (κ2) is 29.9. The third-order valence-electron chi connectivity index (χ3n) is 9.30. The van der Waals surface area contributed by atoms with E-state index in [9.17, 15) is 4.79 Å². The van der Waals surface area contributed by atoms with E-state index in [1.165, 1.54) is 167 Å². The van der Waals surface area contributed by atoms with Crippen molar-refractivity contribution in [3.8, 4) is 0 Å². The Morgan fingerprint density at radius 2 is 0.975 bits per heavy atom. The summed E-state index contributed by atoms with van der Waals surface area (Å²) in [5.41, 5.74) is 5.42. The van der Waals surface area contributed by atoms with Gasteiger partial charge < -0.3 is 11.1 Å². The molecule has 3 unspecified atom stereocenters. The lowest BCUT2D eigenvalue weighted by Gasteiger charge is -2.35. The lowest BCUT2D eigenvalue weighted by Crippen LogP contribution is -2.37. The summed E-state index contributed by atoms with van der Waals surface area (Å²) in [6, 6.07) is 0. The van der Waals surface area contributed by atoms with Gasteiger partial charge in [0.1, 0.15) is 0 Å². The van der Waals surface area contributed by atoms with E-state index >= 15 is 0 Å². The molecule has 0 bridgehead atoms. The van der Waals surface area contributed by atoms with Crippen molar-refractivity contribution in [3.63, 3.8) is 0 Å². The number of nitrogens with two attached hydrogens (primary N) is 1. The van der Waals surface area contributed by atoms with Crippen LogP contribution in [0.1, 0.15) is 195 Å². The van der Waals surface area contributed by atoms with Crippen LogP contribution in [0.5, 0.6) is 0 Å². The highest BCUT2D eigenvalue weighted by Gasteiger charge is 2.33. The SMILES string of the molecule is CC1CCC(C(C)C)C(C(N)=O)C1.CCCCCCCCCCCCCNCCCCCCCCCCCCC. The summed E-state index contributed by atoms with van der Waals surface area (Å²) in [4.78, 5) is 11.2. The van der Waals surface area contributed by atoms with E-state index in [0.29, 0.717) is 17.8 Å². The van der Waals surface area contributed by atoms with Gasteiger partial charge in [0.25, 0.3) is 0 Å². The maximum atomic E-state index is 11.2. The molecule has 3 N–H and O–H groups in total. The smallest absolute Gasteiger partial charge is 0.220 e. The average molecular weight is 565 g/mol. The average Bonchev–Trinajstić information content (AvgIpc) is 2.93. The Bertz CT molecular complexity index is 496. The number of carbonyl (C=O) groups excluding carboxylic acids is 1. The highest BCUT2D eigenvalue weighted by atomic mass is 16.1. The molecule has 1 fully saturated rings. The van der Waals surface area contributed by atoms with Crippen LogP contribution in [0.25, 0.3) is 0 Å². The van der Waals surface area contributed by atoms with Gasteiger partial charge in [-0.3, -0.25) is 4.79 Å². The second-order valence-electron chi connectivity index (χ2n) is 13.7. The van der Waals surface area contributed by atoms with E-state index < -0.39 is 0 Å². The zero-order chi connectivity index (χ0) is 29.7. The van der Waals surface area contributed by atoms with Crippen LogP contribution in [0, 0.1) is 23.7 Å². The van der Waals surface area contributed by atoms with Crippen LogP contribution in [-0.4, -0.2) is 19.0 Å². The molecule has 1 rings (SSSR count). The van der Waals surface area contributed by atoms with E-state index in [-0.39, 0.29) is 11.8 Å². The van der Waals surface area contributed by atoms with E-state index in [2.05, 4.69) is 39.9 Å². The fourth-order valence-corrected chi connectivity index (χ4v) is 6.48. The lowest BCUT2D eigenvalue weighted by atomic mass is 9.70. The summed E-state index contributed by atoms with van der Waals surface area (Å²) in [6.45, 7) is 13.7. The van der Waals surface area contributed by atoms with E-state index in [1.54, 1.807) is 0 Å². The van der Waals surface area contributed by atoms with Crippen LogP contribution in [-0.2, 0) is 4.79 Å². The van der Waals surface area contributed by atoms with Crippen molar-refractivity contribution in [3.05, 3.63) is 0 Å². The molecule has 1 amide bonds. The Hall–Kier alpha value is -0.570. The zero-order valence-electron chi connectivity index (χ0n) is 28.4. The molecule has 0 aliphatic heterocycles. The number of nitrogens with one attached hydrogen (secondary N) is 1. The Morgan fingerprint density at radius 3 is 1.30 bits per heavy atom. The summed E-state index contributed by atoms with van der Waals surface area (Å²) < 4.78 is 0. The van der Waals surface area contributed by atoms with Gasteiger partial charge in [0.15, 0.2) is 0 Å². The Labute approximate surface area is 253 Å². The number of carbonyl (C=O) groups is 1. The highest BCUT2D eigenvalue weighted by molar-refractivity contribution is 5.77. The first-order valence-electron chi connectivity index (χ1n) is 18.4. The lowest BCUT2D eigenvalue weighted by molar-refractivity contribution is -0.125. The normalized spacial score (nSPS) is 19.0. The first kappa shape index (κ1) is 39.4. The molecule has 0 saturated heterocycles. The number of hydrogen-bond acceptors (Lipinski definition) is 2. The molecule has 40 heavy (non-hydrogen) atoms. The fourth-order valence-electron chi connectivity index (χ4n) is 6.48.